The molecule has 0 aliphatic heterocycles. The van der Waals surface area contributed by atoms with E-state index in [2.05, 4.69) is 10.6 Å². The zero-order valence-electron chi connectivity index (χ0n) is 12.8. The van der Waals surface area contributed by atoms with Gasteiger partial charge in [-0.25, -0.2) is 0 Å². The van der Waals surface area contributed by atoms with Crippen molar-refractivity contribution in [2.45, 2.75) is 18.0 Å². The minimum Gasteiger partial charge on any atom is -0.344 e. The van der Waals surface area contributed by atoms with Crippen LogP contribution in [-0.2, 0) is 22.7 Å². The molecule has 0 fully saturated rings. The van der Waals surface area contributed by atoms with Crippen molar-refractivity contribution in [3.05, 3.63) is 59.7 Å². The highest BCUT2D eigenvalue weighted by atomic mass is 32.2. The number of carbonyl (C=O) groups excluding carboxylic acids is 2. The van der Waals surface area contributed by atoms with Crippen molar-refractivity contribution in [2.24, 2.45) is 5.73 Å². The zero-order valence-corrected chi connectivity index (χ0v) is 13.7. The summed E-state index contributed by atoms with van der Waals surface area (Å²) < 4.78 is 0. The van der Waals surface area contributed by atoms with Crippen molar-refractivity contribution in [3.8, 4) is 0 Å². The van der Waals surface area contributed by atoms with Crippen molar-refractivity contribution in [1.29, 1.82) is 0 Å². The van der Waals surface area contributed by atoms with Gasteiger partial charge in [0.1, 0.15) is 0 Å². The number of thioether (sulfide) groups is 1. The third-order valence-electron chi connectivity index (χ3n) is 3.21. The molecule has 5 nitrogen and oxygen atoms in total. The summed E-state index contributed by atoms with van der Waals surface area (Å²) in [6, 6.07) is 14.9. The second kappa shape index (κ2) is 8.36. The smallest absolute Gasteiger partial charge is 0.313 e. The van der Waals surface area contributed by atoms with Crippen LogP contribution in [0.3, 0.4) is 0 Å². The summed E-state index contributed by atoms with van der Waals surface area (Å²) in [4.78, 5) is 24.8. The lowest BCUT2D eigenvalue weighted by atomic mass is 10.1. The fraction of sp³-hybridized carbons (Fsp3) is 0.176. The maximum Gasteiger partial charge on any atom is 0.313 e. The highest BCUT2D eigenvalue weighted by molar-refractivity contribution is 7.98. The molecule has 0 radical (unpaired) electrons. The van der Waals surface area contributed by atoms with E-state index in [4.69, 9.17) is 5.73 Å². The zero-order chi connectivity index (χ0) is 16.7. The Morgan fingerprint density at radius 3 is 2.52 bits per heavy atom. The molecule has 0 saturated carbocycles. The number of carbonyl (C=O) groups is 2. The van der Waals surface area contributed by atoms with Crippen molar-refractivity contribution < 1.29 is 9.59 Å². The predicted molar refractivity (Wildman–Crippen MR) is 93.0 cm³/mol. The van der Waals surface area contributed by atoms with E-state index in [9.17, 15) is 9.59 Å². The topological polar surface area (TPSA) is 84.2 Å². The summed E-state index contributed by atoms with van der Waals surface area (Å²) in [6.45, 7) is 0.721. The van der Waals surface area contributed by atoms with Gasteiger partial charge in [0.2, 0.25) is 0 Å². The second-order valence-electron chi connectivity index (χ2n) is 4.89. The van der Waals surface area contributed by atoms with Gasteiger partial charge < -0.3 is 16.4 Å². The Hall–Kier alpha value is -2.31. The molecule has 0 unspecified atom stereocenters. The molecule has 4 N–H and O–H groups in total. The first-order valence-electron chi connectivity index (χ1n) is 7.13. The van der Waals surface area contributed by atoms with Crippen LogP contribution in [0.1, 0.15) is 11.1 Å². The first-order valence-corrected chi connectivity index (χ1v) is 8.36. The molecule has 0 aliphatic rings. The van der Waals surface area contributed by atoms with E-state index in [0.29, 0.717) is 12.2 Å². The van der Waals surface area contributed by atoms with Gasteiger partial charge in [-0.15, -0.1) is 11.8 Å². The summed E-state index contributed by atoms with van der Waals surface area (Å²) in [5.74, 6) is -1.35. The predicted octanol–water partition coefficient (Wildman–Crippen LogP) is 2.12. The summed E-state index contributed by atoms with van der Waals surface area (Å²) in [6.07, 6.45) is 1.95. The molecule has 120 valence electrons. The third kappa shape index (κ3) is 5.12. The lowest BCUT2D eigenvalue weighted by molar-refractivity contribution is -0.136. The molecule has 2 aromatic carbocycles. The molecule has 0 atom stereocenters. The Bertz CT molecular complexity index is 704. The van der Waals surface area contributed by atoms with E-state index < -0.39 is 11.8 Å². The van der Waals surface area contributed by atoms with Gasteiger partial charge in [0.25, 0.3) is 0 Å². The fourth-order valence-corrected chi connectivity index (χ4v) is 2.48. The molecule has 0 aliphatic carbocycles. The van der Waals surface area contributed by atoms with Crippen molar-refractivity contribution in [2.75, 3.05) is 11.6 Å². The van der Waals surface area contributed by atoms with Gasteiger partial charge in [0.05, 0.1) is 0 Å². The number of hydrogen-bond acceptors (Lipinski definition) is 4. The molecule has 0 heterocycles. The van der Waals surface area contributed by atoms with Crippen LogP contribution in [0.2, 0.25) is 0 Å². The maximum absolute atomic E-state index is 11.9. The highest BCUT2D eigenvalue weighted by Gasteiger charge is 2.13. The van der Waals surface area contributed by atoms with Crippen molar-refractivity contribution in [3.63, 3.8) is 0 Å². The number of amides is 2. The van der Waals surface area contributed by atoms with Crippen LogP contribution < -0.4 is 16.4 Å². The van der Waals surface area contributed by atoms with E-state index in [0.717, 1.165) is 16.0 Å². The monoisotopic (exact) mass is 329 g/mol. The van der Waals surface area contributed by atoms with Crippen LogP contribution in [-0.4, -0.2) is 18.1 Å². The number of nitrogens with two attached hydrogens (primary N) is 1. The third-order valence-corrected chi connectivity index (χ3v) is 3.94. The van der Waals surface area contributed by atoms with E-state index in [-0.39, 0.29) is 6.54 Å². The largest absolute Gasteiger partial charge is 0.344 e. The normalized spacial score (nSPS) is 10.2. The molecule has 6 heteroatoms. The highest BCUT2D eigenvalue weighted by Crippen LogP contribution is 2.18. The number of hydrogen-bond donors (Lipinski definition) is 3. The van der Waals surface area contributed by atoms with E-state index in [1.54, 1.807) is 17.8 Å². The minimum absolute atomic E-state index is 0.283. The van der Waals surface area contributed by atoms with Crippen LogP contribution in [0, 0.1) is 0 Å². The molecule has 0 bridgehead atoms. The summed E-state index contributed by atoms with van der Waals surface area (Å²) in [5, 5.41) is 5.19. The van der Waals surface area contributed by atoms with Crippen molar-refractivity contribution in [1.82, 2.24) is 5.32 Å². The Balaban J connectivity index is 1.90. The average Bonchev–Trinajstić information content (AvgIpc) is 2.59. The van der Waals surface area contributed by atoms with Crippen LogP contribution >= 0.6 is 11.8 Å². The van der Waals surface area contributed by atoms with Gasteiger partial charge >= 0.3 is 11.8 Å². The van der Waals surface area contributed by atoms with Crippen LogP contribution in [0.15, 0.2) is 53.4 Å². The van der Waals surface area contributed by atoms with Gasteiger partial charge in [-0.05, 0) is 35.6 Å². The molecule has 0 aromatic heterocycles. The van der Waals surface area contributed by atoms with Gasteiger partial charge in [0, 0.05) is 23.7 Å². The number of anilines is 1. The summed E-state index contributed by atoms with van der Waals surface area (Å²) in [5.41, 5.74) is 8.06. The minimum atomic E-state index is -0.682. The molecule has 2 aromatic rings. The van der Waals surface area contributed by atoms with Gasteiger partial charge in [-0.3, -0.25) is 9.59 Å². The first kappa shape index (κ1) is 17.1. The maximum atomic E-state index is 11.9. The van der Waals surface area contributed by atoms with E-state index >= 15 is 0 Å². The standard InChI is InChI=1S/C17H19N3O2S/c1-23-15-7-3-6-14(9-15)20-17(22)16(21)19-11-13-5-2-4-12(8-13)10-18/h2-9H,10-11,18H2,1H3,(H,19,21)(H,20,22). The molecule has 0 spiro atoms. The molecular weight excluding hydrogens is 310 g/mol. The van der Waals surface area contributed by atoms with Crippen LogP contribution in [0.4, 0.5) is 5.69 Å². The second-order valence-corrected chi connectivity index (χ2v) is 5.77. The van der Waals surface area contributed by atoms with Gasteiger partial charge in [0.15, 0.2) is 0 Å². The number of rotatable bonds is 5. The lowest BCUT2D eigenvalue weighted by Gasteiger charge is -2.08. The molecule has 2 rings (SSSR count). The Morgan fingerprint density at radius 1 is 1.04 bits per heavy atom. The quantitative estimate of drug-likeness (QED) is 0.579. The lowest BCUT2D eigenvalue weighted by Crippen LogP contribution is -2.35. The molecule has 23 heavy (non-hydrogen) atoms. The van der Waals surface area contributed by atoms with Gasteiger partial charge in [-0.1, -0.05) is 30.3 Å². The average molecular weight is 329 g/mol. The number of benzene rings is 2. The van der Waals surface area contributed by atoms with Crippen molar-refractivity contribution >= 4 is 29.3 Å². The first-order chi connectivity index (χ1) is 11.1. The SMILES string of the molecule is CSc1cccc(NC(=O)C(=O)NCc2cccc(CN)c2)c1. The Kier molecular flexibility index (Phi) is 6.19. The Labute approximate surface area is 139 Å². The summed E-state index contributed by atoms with van der Waals surface area (Å²) in [7, 11) is 0. The van der Waals surface area contributed by atoms with E-state index in [1.165, 1.54) is 0 Å². The molecular formula is C17H19N3O2S. The van der Waals surface area contributed by atoms with Crippen LogP contribution in [0.5, 0.6) is 0 Å². The molecule has 2 amide bonds. The molecule has 0 saturated heterocycles. The van der Waals surface area contributed by atoms with Crippen LogP contribution in [0.25, 0.3) is 0 Å². The Morgan fingerprint density at radius 2 is 1.78 bits per heavy atom. The summed E-state index contributed by atoms with van der Waals surface area (Å²) >= 11 is 1.57. The number of nitrogens with one attached hydrogen (secondary N) is 2. The van der Waals surface area contributed by atoms with E-state index in [1.807, 2.05) is 48.7 Å². The fourth-order valence-electron chi connectivity index (χ4n) is 2.02. The van der Waals surface area contributed by atoms with Gasteiger partial charge in [-0.2, -0.15) is 0 Å².